The van der Waals surface area contributed by atoms with Gasteiger partial charge >= 0.3 is 0 Å². The maximum Gasteiger partial charge on any atom is 0.244 e. The lowest BCUT2D eigenvalue weighted by molar-refractivity contribution is 0.625. The van der Waals surface area contributed by atoms with Crippen molar-refractivity contribution < 1.29 is 0 Å². The maximum atomic E-state index is 6.11. The summed E-state index contributed by atoms with van der Waals surface area (Å²) in [4.78, 5) is 4.20. The van der Waals surface area contributed by atoms with Crippen LogP contribution >= 0.6 is 11.6 Å². The van der Waals surface area contributed by atoms with Gasteiger partial charge in [0, 0.05) is 10.6 Å². The molecule has 0 bridgehead atoms. The minimum absolute atomic E-state index is 0.121. The number of nitrogen functional groups attached to an aromatic ring is 1. The molecule has 1 heterocycles. The third kappa shape index (κ3) is 3.17. The molecule has 0 saturated heterocycles. The van der Waals surface area contributed by atoms with E-state index in [0.717, 1.165) is 11.3 Å². The monoisotopic (exact) mass is 279 g/mol. The molecule has 102 valence electrons. The molecule has 0 radical (unpaired) electrons. The summed E-state index contributed by atoms with van der Waals surface area (Å²) in [5, 5.41) is 8.21. The van der Waals surface area contributed by atoms with Gasteiger partial charge in [0.1, 0.15) is 0 Å². The smallest absolute Gasteiger partial charge is 0.244 e. The van der Waals surface area contributed by atoms with Crippen molar-refractivity contribution in [2.45, 2.75) is 33.2 Å². The van der Waals surface area contributed by atoms with E-state index >= 15 is 0 Å². The zero-order chi connectivity index (χ0) is 14.2. The number of nitrogens with one attached hydrogen (secondary N) is 1. The first-order valence-electron chi connectivity index (χ1n) is 6.03. The quantitative estimate of drug-likeness (QED) is 0.887. The Morgan fingerprint density at radius 1 is 1.32 bits per heavy atom. The first-order chi connectivity index (χ1) is 8.76. The van der Waals surface area contributed by atoms with E-state index in [0.29, 0.717) is 16.9 Å². The van der Waals surface area contributed by atoms with E-state index in [1.54, 1.807) is 4.68 Å². The molecule has 1 aromatic heterocycles. The van der Waals surface area contributed by atoms with Crippen molar-refractivity contribution in [3.63, 3.8) is 0 Å². The fourth-order valence-corrected chi connectivity index (χ4v) is 1.79. The molecular weight excluding hydrogens is 262 g/mol. The highest BCUT2D eigenvalue weighted by Crippen LogP contribution is 2.21. The van der Waals surface area contributed by atoms with Crippen molar-refractivity contribution in [1.29, 1.82) is 0 Å². The molecule has 6 heteroatoms. The lowest BCUT2D eigenvalue weighted by Crippen LogP contribution is -2.26. The Hall–Kier alpha value is -1.75. The van der Waals surface area contributed by atoms with Crippen molar-refractivity contribution in [3.05, 3.63) is 28.8 Å². The number of anilines is 2. The first-order valence-corrected chi connectivity index (χ1v) is 6.41. The Bertz CT molecular complexity index is 598. The van der Waals surface area contributed by atoms with E-state index < -0.39 is 0 Å². The summed E-state index contributed by atoms with van der Waals surface area (Å²) in [5.41, 5.74) is 7.57. The number of hydrogen-bond acceptors (Lipinski definition) is 4. The van der Waals surface area contributed by atoms with Gasteiger partial charge in [0.2, 0.25) is 11.9 Å². The lowest BCUT2D eigenvalue weighted by atomic mass is 10.1. The highest BCUT2D eigenvalue weighted by atomic mass is 35.5. The second-order valence-corrected chi connectivity index (χ2v) is 5.92. The first kappa shape index (κ1) is 13.7. The van der Waals surface area contributed by atoms with Crippen molar-refractivity contribution >= 4 is 23.5 Å². The Morgan fingerprint density at radius 2 is 2.00 bits per heavy atom. The Balaban J connectivity index is 2.37. The van der Waals surface area contributed by atoms with Crippen molar-refractivity contribution in [1.82, 2.24) is 14.8 Å². The van der Waals surface area contributed by atoms with Crippen LogP contribution in [0.3, 0.4) is 0 Å². The summed E-state index contributed by atoms with van der Waals surface area (Å²) < 4.78 is 1.57. The molecule has 0 unspecified atom stereocenters. The van der Waals surface area contributed by atoms with E-state index in [9.17, 15) is 0 Å². The van der Waals surface area contributed by atoms with Gasteiger partial charge in [0.25, 0.3) is 0 Å². The molecule has 0 amide bonds. The fourth-order valence-electron chi connectivity index (χ4n) is 1.62. The zero-order valence-corrected chi connectivity index (χ0v) is 12.3. The van der Waals surface area contributed by atoms with Gasteiger partial charge in [-0.1, -0.05) is 17.7 Å². The number of aryl methyl sites for hydroxylation is 1. The van der Waals surface area contributed by atoms with Crippen LogP contribution in [0, 0.1) is 6.92 Å². The average Bonchev–Trinajstić information content (AvgIpc) is 2.61. The lowest BCUT2D eigenvalue weighted by Gasteiger charge is -2.18. The van der Waals surface area contributed by atoms with Gasteiger partial charge in [-0.25, -0.2) is 0 Å². The number of nitrogens with two attached hydrogens (primary N) is 1. The molecule has 0 spiro atoms. The molecule has 1 aromatic carbocycles. The third-order valence-electron chi connectivity index (χ3n) is 2.52. The summed E-state index contributed by atoms with van der Waals surface area (Å²) in [6.45, 7) is 8.05. The predicted octanol–water partition coefficient (Wildman–Crippen LogP) is 3.02. The maximum absolute atomic E-state index is 6.11. The topological polar surface area (TPSA) is 68.8 Å². The van der Waals surface area contributed by atoms with Gasteiger partial charge in [0.15, 0.2) is 0 Å². The van der Waals surface area contributed by atoms with Crippen LogP contribution in [0.5, 0.6) is 0 Å². The van der Waals surface area contributed by atoms with Crippen LogP contribution < -0.4 is 11.1 Å². The highest BCUT2D eigenvalue weighted by Gasteiger charge is 2.15. The molecule has 0 aliphatic carbocycles. The largest absolute Gasteiger partial charge is 0.368 e. The summed E-state index contributed by atoms with van der Waals surface area (Å²) in [6.07, 6.45) is 0. The predicted molar refractivity (Wildman–Crippen MR) is 78.9 cm³/mol. The standard InChI is InChI=1S/C13H18ClN5/c1-8-5-6-9(7-10(8)14)19-11(15)16-12(18-19)17-13(2,3)4/h5-7H,1-4H3,(H3,15,16,17,18). The number of rotatable bonds is 2. The van der Waals surface area contributed by atoms with Gasteiger partial charge < -0.3 is 11.1 Å². The molecule has 3 N–H and O–H groups in total. The van der Waals surface area contributed by atoms with Crippen LogP contribution in [0.2, 0.25) is 5.02 Å². The molecule has 0 fully saturated rings. The Morgan fingerprint density at radius 3 is 2.58 bits per heavy atom. The van der Waals surface area contributed by atoms with Gasteiger partial charge in [-0.2, -0.15) is 9.67 Å². The fraction of sp³-hybridized carbons (Fsp3) is 0.385. The van der Waals surface area contributed by atoms with Crippen LogP contribution in [0.25, 0.3) is 5.69 Å². The Kier molecular flexibility index (Phi) is 3.41. The molecule has 5 nitrogen and oxygen atoms in total. The van der Waals surface area contributed by atoms with E-state index in [-0.39, 0.29) is 5.54 Å². The highest BCUT2D eigenvalue weighted by molar-refractivity contribution is 6.31. The van der Waals surface area contributed by atoms with Crippen molar-refractivity contribution in [2.75, 3.05) is 11.1 Å². The van der Waals surface area contributed by atoms with E-state index in [1.165, 1.54) is 0 Å². The SMILES string of the molecule is Cc1ccc(-n2nc(NC(C)(C)C)nc2N)cc1Cl. The second-order valence-electron chi connectivity index (χ2n) is 5.51. The number of halogens is 1. The van der Waals surface area contributed by atoms with E-state index in [2.05, 4.69) is 15.4 Å². The van der Waals surface area contributed by atoms with E-state index in [4.69, 9.17) is 17.3 Å². The third-order valence-corrected chi connectivity index (χ3v) is 2.93. The van der Waals surface area contributed by atoms with Crippen LogP contribution in [-0.2, 0) is 0 Å². The number of nitrogens with zero attached hydrogens (tertiary/aromatic N) is 3. The molecule has 0 atom stereocenters. The van der Waals surface area contributed by atoms with E-state index in [1.807, 2.05) is 45.9 Å². The minimum Gasteiger partial charge on any atom is -0.368 e. The van der Waals surface area contributed by atoms with Crippen LogP contribution in [0.4, 0.5) is 11.9 Å². The van der Waals surface area contributed by atoms with Gasteiger partial charge in [-0.3, -0.25) is 0 Å². The number of aromatic nitrogens is 3. The summed E-state index contributed by atoms with van der Waals surface area (Å²) in [6, 6.07) is 5.66. The number of benzene rings is 1. The van der Waals surface area contributed by atoms with Crippen LogP contribution in [0.15, 0.2) is 18.2 Å². The molecule has 0 aliphatic heterocycles. The molecular formula is C13H18ClN5. The van der Waals surface area contributed by atoms with Crippen LogP contribution in [0.1, 0.15) is 26.3 Å². The molecule has 0 saturated carbocycles. The van der Waals surface area contributed by atoms with Crippen molar-refractivity contribution in [2.24, 2.45) is 0 Å². The summed E-state index contributed by atoms with van der Waals surface area (Å²) in [7, 11) is 0. The minimum atomic E-state index is -0.121. The second kappa shape index (κ2) is 4.74. The summed E-state index contributed by atoms with van der Waals surface area (Å²) >= 11 is 6.11. The Labute approximate surface area is 117 Å². The molecule has 0 aliphatic rings. The van der Waals surface area contributed by atoms with Gasteiger partial charge in [-0.05, 0) is 45.4 Å². The normalized spacial score (nSPS) is 11.6. The molecule has 2 rings (SSSR count). The number of hydrogen-bond donors (Lipinski definition) is 2. The summed E-state index contributed by atoms with van der Waals surface area (Å²) in [5.74, 6) is 0.827. The van der Waals surface area contributed by atoms with Gasteiger partial charge in [-0.15, -0.1) is 5.10 Å². The van der Waals surface area contributed by atoms with Gasteiger partial charge in [0.05, 0.1) is 5.69 Å². The zero-order valence-electron chi connectivity index (χ0n) is 11.5. The van der Waals surface area contributed by atoms with Crippen molar-refractivity contribution in [3.8, 4) is 5.69 Å². The average molecular weight is 280 g/mol. The van der Waals surface area contributed by atoms with Crippen LogP contribution in [-0.4, -0.2) is 20.3 Å². The molecule has 2 aromatic rings. The molecule has 19 heavy (non-hydrogen) atoms.